The van der Waals surface area contributed by atoms with E-state index < -0.39 is 0 Å². The van der Waals surface area contributed by atoms with E-state index in [1.807, 2.05) is 0 Å². The summed E-state index contributed by atoms with van der Waals surface area (Å²) < 4.78 is 0. The number of hydrogen-bond donors (Lipinski definition) is 0. The van der Waals surface area contributed by atoms with Gasteiger partial charge in [0.2, 0.25) is 0 Å². The summed E-state index contributed by atoms with van der Waals surface area (Å²) in [6.45, 7) is 4.52. The van der Waals surface area contributed by atoms with E-state index in [0.717, 1.165) is 0 Å². The molecule has 0 unspecified atom stereocenters. The van der Waals surface area contributed by atoms with Crippen LogP contribution >= 0.6 is 0 Å². The van der Waals surface area contributed by atoms with Gasteiger partial charge in [-0.25, -0.2) is 0 Å². The lowest BCUT2D eigenvalue weighted by Gasteiger charge is -2.22. The zero-order chi connectivity index (χ0) is 24.2. The molecule has 0 fully saturated rings. The smallest absolute Gasteiger partial charge is 0.00174 e. The van der Waals surface area contributed by atoms with Crippen molar-refractivity contribution in [3.05, 3.63) is 132 Å². The Hall–Kier alpha value is -4.42. The summed E-state index contributed by atoms with van der Waals surface area (Å²) in [6.07, 6.45) is 0. The second kappa shape index (κ2) is 8.07. The summed E-state index contributed by atoms with van der Waals surface area (Å²) in [5.41, 5.74) is 7.89. The fourth-order valence-corrected chi connectivity index (χ4v) is 6.09. The van der Waals surface area contributed by atoms with E-state index in [1.54, 1.807) is 0 Å². The number of benzene rings is 7. The quantitative estimate of drug-likeness (QED) is 0.226. The Bertz CT molecular complexity index is 1800. The molecule has 0 aromatic heterocycles. The SMILES string of the molecule is Cc1ccc(C)c2c(-c3cccc4ccccc34)c3ccccc3c(-c3cccc4ccccc34)c12. The highest BCUT2D eigenvalue weighted by Gasteiger charge is 2.21. The number of rotatable bonds is 2. The molecule has 7 aromatic rings. The van der Waals surface area contributed by atoms with E-state index in [1.165, 1.54) is 76.5 Å². The topological polar surface area (TPSA) is 0 Å². The summed E-state index contributed by atoms with van der Waals surface area (Å²) in [5.74, 6) is 0. The fourth-order valence-electron chi connectivity index (χ4n) is 6.09. The van der Waals surface area contributed by atoms with Crippen LogP contribution in [0.5, 0.6) is 0 Å². The van der Waals surface area contributed by atoms with Crippen LogP contribution in [-0.4, -0.2) is 0 Å². The van der Waals surface area contributed by atoms with Crippen LogP contribution in [0.15, 0.2) is 121 Å². The van der Waals surface area contributed by atoms with Crippen molar-refractivity contribution in [1.82, 2.24) is 0 Å². The Morgan fingerprint density at radius 2 is 0.694 bits per heavy atom. The van der Waals surface area contributed by atoms with Crippen LogP contribution in [0.4, 0.5) is 0 Å². The van der Waals surface area contributed by atoms with Gasteiger partial charge >= 0.3 is 0 Å². The van der Waals surface area contributed by atoms with Crippen molar-refractivity contribution in [2.45, 2.75) is 13.8 Å². The molecule has 170 valence electrons. The fraction of sp³-hybridized carbons (Fsp3) is 0.0556. The predicted octanol–water partition coefficient (Wildman–Crippen LogP) is 10.3. The molecule has 0 bridgehead atoms. The first-order valence-corrected chi connectivity index (χ1v) is 12.6. The third-order valence-corrected chi connectivity index (χ3v) is 7.71. The van der Waals surface area contributed by atoms with Gasteiger partial charge in [0, 0.05) is 0 Å². The lowest BCUT2D eigenvalue weighted by Crippen LogP contribution is -1.95. The first kappa shape index (κ1) is 20.9. The van der Waals surface area contributed by atoms with Gasteiger partial charge in [-0.15, -0.1) is 0 Å². The maximum absolute atomic E-state index is 2.31. The molecule has 0 radical (unpaired) electrons. The molecule has 0 aliphatic heterocycles. The Kier molecular flexibility index (Phi) is 4.69. The molecule has 0 amide bonds. The van der Waals surface area contributed by atoms with E-state index in [-0.39, 0.29) is 0 Å². The van der Waals surface area contributed by atoms with Gasteiger partial charge in [-0.3, -0.25) is 0 Å². The van der Waals surface area contributed by atoms with Crippen molar-refractivity contribution < 1.29 is 0 Å². The van der Waals surface area contributed by atoms with Crippen molar-refractivity contribution in [1.29, 1.82) is 0 Å². The predicted molar refractivity (Wildman–Crippen MR) is 157 cm³/mol. The molecule has 0 saturated heterocycles. The molecule has 0 saturated carbocycles. The van der Waals surface area contributed by atoms with E-state index in [2.05, 4.69) is 135 Å². The van der Waals surface area contributed by atoms with Crippen molar-refractivity contribution >= 4 is 43.1 Å². The maximum atomic E-state index is 2.31. The molecule has 7 aromatic carbocycles. The van der Waals surface area contributed by atoms with Crippen LogP contribution in [0.25, 0.3) is 65.3 Å². The van der Waals surface area contributed by atoms with Crippen molar-refractivity contribution in [2.24, 2.45) is 0 Å². The summed E-state index contributed by atoms with van der Waals surface area (Å²) in [5, 5.41) is 10.5. The Labute approximate surface area is 211 Å². The largest absolute Gasteiger partial charge is 0.0616 e. The van der Waals surface area contributed by atoms with Gasteiger partial charge in [0.1, 0.15) is 0 Å². The van der Waals surface area contributed by atoms with Crippen molar-refractivity contribution in [2.75, 3.05) is 0 Å². The maximum Gasteiger partial charge on any atom is -0.00174 e. The Morgan fingerprint density at radius 1 is 0.333 bits per heavy atom. The molecule has 7 rings (SSSR count). The molecular formula is C36H26. The van der Waals surface area contributed by atoms with Crippen LogP contribution in [0, 0.1) is 13.8 Å². The first-order valence-electron chi connectivity index (χ1n) is 12.6. The minimum atomic E-state index is 1.27. The molecule has 0 heteroatoms. The van der Waals surface area contributed by atoms with Gasteiger partial charge < -0.3 is 0 Å². The molecule has 0 nitrogen and oxygen atoms in total. The third-order valence-electron chi connectivity index (χ3n) is 7.71. The Balaban J connectivity index is 1.76. The van der Waals surface area contributed by atoms with Crippen LogP contribution in [0.3, 0.4) is 0 Å². The highest BCUT2D eigenvalue weighted by Crippen LogP contribution is 2.48. The normalized spacial score (nSPS) is 11.6. The zero-order valence-electron chi connectivity index (χ0n) is 20.5. The second-order valence-corrected chi connectivity index (χ2v) is 9.80. The molecule has 0 N–H and O–H groups in total. The lowest BCUT2D eigenvalue weighted by molar-refractivity contribution is 1.47. The molecular weight excluding hydrogens is 432 g/mol. The summed E-state index contributed by atoms with van der Waals surface area (Å²) in [7, 11) is 0. The highest BCUT2D eigenvalue weighted by molar-refractivity contribution is 6.26. The summed E-state index contributed by atoms with van der Waals surface area (Å²) in [6, 6.07) is 44.5. The second-order valence-electron chi connectivity index (χ2n) is 9.80. The van der Waals surface area contributed by atoms with Crippen LogP contribution in [-0.2, 0) is 0 Å². The summed E-state index contributed by atoms with van der Waals surface area (Å²) in [4.78, 5) is 0. The van der Waals surface area contributed by atoms with E-state index >= 15 is 0 Å². The standard InChI is InChI=1S/C36H26/c1-23-21-22-24(2)34-33(23)35(29-19-9-13-25-11-3-5-15-27(25)29)31-17-7-8-18-32(31)36(34)30-20-10-14-26-12-4-6-16-28(26)30/h3-22H,1-2H3. The van der Waals surface area contributed by atoms with E-state index in [4.69, 9.17) is 0 Å². The number of aryl methyl sites for hydroxylation is 2. The van der Waals surface area contributed by atoms with Crippen LogP contribution < -0.4 is 0 Å². The molecule has 0 atom stereocenters. The van der Waals surface area contributed by atoms with Gasteiger partial charge in [0.05, 0.1) is 0 Å². The van der Waals surface area contributed by atoms with Gasteiger partial charge in [-0.1, -0.05) is 121 Å². The van der Waals surface area contributed by atoms with Crippen molar-refractivity contribution in [3.8, 4) is 22.3 Å². The third kappa shape index (κ3) is 3.01. The monoisotopic (exact) mass is 458 g/mol. The van der Waals surface area contributed by atoms with E-state index in [9.17, 15) is 0 Å². The van der Waals surface area contributed by atoms with Crippen molar-refractivity contribution in [3.63, 3.8) is 0 Å². The number of fused-ring (bicyclic) bond motifs is 4. The Morgan fingerprint density at radius 3 is 1.14 bits per heavy atom. The van der Waals surface area contributed by atoms with Gasteiger partial charge in [-0.2, -0.15) is 0 Å². The van der Waals surface area contributed by atoms with Gasteiger partial charge in [0.25, 0.3) is 0 Å². The van der Waals surface area contributed by atoms with Crippen LogP contribution in [0.2, 0.25) is 0 Å². The number of hydrogen-bond acceptors (Lipinski definition) is 0. The average Bonchev–Trinajstić information content (AvgIpc) is 2.93. The van der Waals surface area contributed by atoms with Crippen LogP contribution in [0.1, 0.15) is 11.1 Å². The highest BCUT2D eigenvalue weighted by atomic mass is 14.2. The molecule has 0 aliphatic carbocycles. The lowest BCUT2D eigenvalue weighted by atomic mass is 9.81. The molecule has 0 spiro atoms. The molecule has 36 heavy (non-hydrogen) atoms. The zero-order valence-corrected chi connectivity index (χ0v) is 20.5. The van der Waals surface area contributed by atoms with Gasteiger partial charge in [-0.05, 0) is 90.3 Å². The first-order chi connectivity index (χ1) is 17.7. The summed E-state index contributed by atoms with van der Waals surface area (Å²) >= 11 is 0. The molecule has 0 heterocycles. The minimum Gasteiger partial charge on any atom is -0.0616 e. The van der Waals surface area contributed by atoms with Gasteiger partial charge in [0.15, 0.2) is 0 Å². The van der Waals surface area contributed by atoms with E-state index in [0.29, 0.717) is 0 Å². The average molecular weight is 459 g/mol. The minimum absolute atomic E-state index is 1.27. The molecule has 0 aliphatic rings.